The lowest BCUT2D eigenvalue weighted by Gasteiger charge is -2.46. The fourth-order valence-corrected chi connectivity index (χ4v) is 4.24. The Labute approximate surface area is 126 Å². The molecule has 0 bridgehead atoms. The van der Waals surface area contributed by atoms with Crippen molar-refractivity contribution in [3.05, 3.63) is 0 Å². The van der Waals surface area contributed by atoms with Crippen molar-refractivity contribution in [2.24, 2.45) is 23.2 Å². The minimum atomic E-state index is 0.489. The highest BCUT2D eigenvalue weighted by molar-refractivity contribution is 4.89. The summed E-state index contributed by atoms with van der Waals surface area (Å²) in [6.45, 7) is 19.9. The molecule has 20 heavy (non-hydrogen) atoms. The second kappa shape index (κ2) is 6.79. The van der Waals surface area contributed by atoms with E-state index in [0.717, 1.165) is 17.8 Å². The Morgan fingerprint density at radius 3 is 2.10 bits per heavy atom. The van der Waals surface area contributed by atoms with E-state index < -0.39 is 0 Å². The summed E-state index contributed by atoms with van der Waals surface area (Å²) in [7, 11) is 0. The van der Waals surface area contributed by atoms with Crippen LogP contribution in [0, 0.1) is 23.2 Å². The maximum Gasteiger partial charge on any atom is 0.00357 e. The third kappa shape index (κ3) is 3.98. The number of piperidine rings is 2. The summed E-state index contributed by atoms with van der Waals surface area (Å²) in [4.78, 5) is 5.38. The first-order chi connectivity index (χ1) is 9.42. The van der Waals surface area contributed by atoms with Crippen LogP contribution >= 0.6 is 0 Å². The van der Waals surface area contributed by atoms with Gasteiger partial charge in [-0.25, -0.2) is 0 Å². The second-order valence-electron chi connectivity index (χ2n) is 8.23. The smallest absolute Gasteiger partial charge is 0.00357 e. The molecule has 1 atom stereocenters. The Morgan fingerprint density at radius 1 is 1.00 bits per heavy atom. The zero-order chi connectivity index (χ0) is 14.8. The maximum atomic E-state index is 2.76. The van der Waals surface area contributed by atoms with E-state index >= 15 is 0 Å². The Hall–Kier alpha value is -0.0800. The van der Waals surface area contributed by atoms with Crippen molar-refractivity contribution in [2.75, 3.05) is 39.3 Å². The minimum Gasteiger partial charge on any atom is -0.303 e. The van der Waals surface area contributed by atoms with E-state index in [2.05, 4.69) is 44.4 Å². The van der Waals surface area contributed by atoms with Crippen molar-refractivity contribution in [2.45, 2.75) is 53.9 Å². The van der Waals surface area contributed by atoms with Gasteiger partial charge < -0.3 is 9.80 Å². The first-order valence-corrected chi connectivity index (χ1v) is 8.87. The van der Waals surface area contributed by atoms with E-state index in [-0.39, 0.29) is 0 Å². The van der Waals surface area contributed by atoms with Crippen LogP contribution in [0.5, 0.6) is 0 Å². The molecule has 0 saturated carbocycles. The molecule has 2 heterocycles. The second-order valence-corrected chi connectivity index (χ2v) is 8.23. The molecule has 0 radical (unpaired) electrons. The summed E-state index contributed by atoms with van der Waals surface area (Å²) in [5, 5.41) is 0. The Balaban J connectivity index is 1.82. The standard InChI is InChI=1S/C18H36N2/c1-6-19-12-9-17(18(4,5)14-19)13-20-10-7-16(8-11-20)15(2)3/h15-17H,6-14H2,1-5H3. The summed E-state index contributed by atoms with van der Waals surface area (Å²) in [5.41, 5.74) is 0.489. The van der Waals surface area contributed by atoms with Gasteiger partial charge in [-0.05, 0) is 68.6 Å². The monoisotopic (exact) mass is 280 g/mol. The van der Waals surface area contributed by atoms with Crippen molar-refractivity contribution < 1.29 is 0 Å². The maximum absolute atomic E-state index is 2.76. The van der Waals surface area contributed by atoms with Gasteiger partial charge in [-0.1, -0.05) is 34.6 Å². The van der Waals surface area contributed by atoms with E-state index in [4.69, 9.17) is 0 Å². The highest BCUT2D eigenvalue weighted by Crippen LogP contribution is 2.36. The normalized spacial score (nSPS) is 30.0. The molecule has 2 saturated heterocycles. The van der Waals surface area contributed by atoms with Crippen molar-refractivity contribution in [3.63, 3.8) is 0 Å². The molecule has 2 rings (SSSR count). The van der Waals surface area contributed by atoms with Gasteiger partial charge in [0, 0.05) is 13.1 Å². The number of hydrogen-bond donors (Lipinski definition) is 0. The van der Waals surface area contributed by atoms with Crippen LogP contribution in [-0.4, -0.2) is 49.1 Å². The molecule has 1 unspecified atom stereocenters. The van der Waals surface area contributed by atoms with Crippen LogP contribution in [0.2, 0.25) is 0 Å². The van der Waals surface area contributed by atoms with E-state index in [9.17, 15) is 0 Å². The largest absolute Gasteiger partial charge is 0.303 e. The van der Waals surface area contributed by atoms with Gasteiger partial charge in [0.25, 0.3) is 0 Å². The lowest BCUT2D eigenvalue weighted by atomic mass is 9.73. The average molecular weight is 280 g/mol. The predicted octanol–water partition coefficient (Wildman–Crippen LogP) is 3.72. The van der Waals surface area contributed by atoms with Crippen molar-refractivity contribution in [3.8, 4) is 0 Å². The minimum absolute atomic E-state index is 0.489. The molecule has 2 fully saturated rings. The third-order valence-corrected chi connectivity index (χ3v) is 6.03. The molecule has 118 valence electrons. The molecule has 0 aromatic carbocycles. The fourth-order valence-electron chi connectivity index (χ4n) is 4.24. The van der Waals surface area contributed by atoms with Crippen molar-refractivity contribution >= 4 is 0 Å². The summed E-state index contributed by atoms with van der Waals surface area (Å²) in [6.07, 6.45) is 4.24. The van der Waals surface area contributed by atoms with Gasteiger partial charge in [-0.15, -0.1) is 0 Å². The molecule has 0 amide bonds. The number of nitrogens with zero attached hydrogens (tertiary/aromatic N) is 2. The number of likely N-dealkylation sites (tertiary alicyclic amines) is 2. The molecule has 0 aromatic rings. The van der Waals surface area contributed by atoms with Crippen molar-refractivity contribution in [1.82, 2.24) is 9.80 Å². The molecule has 2 heteroatoms. The first-order valence-electron chi connectivity index (χ1n) is 8.87. The summed E-state index contributed by atoms with van der Waals surface area (Å²) >= 11 is 0. The molecule has 2 aliphatic heterocycles. The van der Waals surface area contributed by atoms with Gasteiger partial charge in [-0.3, -0.25) is 0 Å². The Kier molecular flexibility index (Phi) is 5.53. The van der Waals surface area contributed by atoms with E-state index in [1.54, 1.807) is 0 Å². The average Bonchev–Trinajstić information content (AvgIpc) is 2.41. The van der Waals surface area contributed by atoms with Gasteiger partial charge in [-0.2, -0.15) is 0 Å². The molecule has 2 aliphatic rings. The molecule has 0 aromatic heterocycles. The van der Waals surface area contributed by atoms with Gasteiger partial charge >= 0.3 is 0 Å². The fraction of sp³-hybridized carbons (Fsp3) is 1.00. The molecule has 0 spiro atoms. The lowest BCUT2D eigenvalue weighted by Crippen LogP contribution is -2.50. The van der Waals surface area contributed by atoms with Crippen LogP contribution in [0.3, 0.4) is 0 Å². The highest BCUT2D eigenvalue weighted by Gasteiger charge is 2.36. The molecule has 2 nitrogen and oxygen atoms in total. The van der Waals surface area contributed by atoms with E-state index in [1.807, 2.05) is 0 Å². The van der Waals surface area contributed by atoms with E-state index in [0.29, 0.717) is 5.41 Å². The van der Waals surface area contributed by atoms with Crippen LogP contribution in [0.4, 0.5) is 0 Å². The first kappa shape index (κ1) is 16.3. The molecular weight excluding hydrogens is 244 g/mol. The highest BCUT2D eigenvalue weighted by atomic mass is 15.2. The van der Waals surface area contributed by atoms with Crippen LogP contribution in [-0.2, 0) is 0 Å². The predicted molar refractivity (Wildman–Crippen MR) is 88.0 cm³/mol. The Morgan fingerprint density at radius 2 is 1.60 bits per heavy atom. The SMILES string of the molecule is CCN1CCC(CN2CCC(C(C)C)CC2)C(C)(C)C1. The van der Waals surface area contributed by atoms with Crippen molar-refractivity contribution in [1.29, 1.82) is 0 Å². The topological polar surface area (TPSA) is 6.48 Å². The summed E-state index contributed by atoms with van der Waals surface area (Å²) in [5.74, 6) is 2.74. The van der Waals surface area contributed by atoms with Crippen LogP contribution < -0.4 is 0 Å². The summed E-state index contributed by atoms with van der Waals surface area (Å²) < 4.78 is 0. The quantitative estimate of drug-likeness (QED) is 0.774. The van der Waals surface area contributed by atoms with Crippen LogP contribution in [0.15, 0.2) is 0 Å². The Bertz CT molecular complexity index is 290. The van der Waals surface area contributed by atoms with Gasteiger partial charge in [0.15, 0.2) is 0 Å². The number of hydrogen-bond acceptors (Lipinski definition) is 2. The third-order valence-electron chi connectivity index (χ3n) is 6.03. The van der Waals surface area contributed by atoms with Gasteiger partial charge in [0.2, 0.25) is 0 Å². The van der Waals surface area contributed by atoms with Gasteiger partial charge in [0.1, 0.15) is 0 Å². The lowest BCUT2D eigenvalue weighted by molar-refractivity contribution is 0.0251. The van der Waals surface area contributed by atoms with E-state index in [1.165, 1.54) is 58.5 Å². The van der Waals surface area contributed by atoms with Crippen LogP contribution in [0.1, 0.15) is 53.9 Å². The molecule has 0 N–H and O–H groups in total. The van der Waals surface area contributed by atoms with Gasteiger partial charge in [0.05, 0.1) is 0 Å². The molecular formula is C18H36N2. The zero-order valence-corrected chi connectivity index (χ0v) is 14.5. The number of rotatable bonds is 4. The van der Waals surface area contributed by atoms with Crippen LogP contribution in [0.25, 0.3) is 0 Å². The zero-order valence-electron chi connectivity index (χ0n) is 14.5. The summed E-state index contributed by atoms with van der Waals surface area (Å²) in [6, 6.07) is 0. The molecule has 0 aliphatic carbocycles.